The molecule has 1 nitrogen and oxygen atoms in total. The zero-order valence-corrected chi connectivity index (χ0v) is 12.5. The molecule has 102 valence electrons. The molecule has 1 unspecified atom stereocenters. The lowest BCUT2D eigenvalue weighted by Gasteiger charge is -2.33. The Morgan fingerprint density at radius 3 is 2.24 bits per heavy atom. The summed E-state index contributed by atoms with van der Waals surface area (Å²) in [6.45, 7) is 10.5. The van der Waals surface area contributed by atoms with Crippen LogP contribution in [0.15, 0.2) is 0 Å². The van der Waals surface area contributed by atoms with Crippen LogP contribution < -0.4 is 5.32 Å². The van der Waals surface area contributed by atoms with E-state index < -0.39 is 0 Å². The molecule has 17 heavy (non-hydrogen) atoms. The highest BCUT2D eigenvalue weighted by molar-refractivity contribution is 4.80. The molecule has 1 aliphatic carbocycles. The van der Waals surface area contributed by atoms with Crippen LogP contribution in [0.5, 0.6) is 0 Å². The van der Waals surface area contributed by atoms with Crippen molar-refractivity contribution in [1.29, 1.82) is 0 Å². The lowest BCUT2D eigenvalue weighted by Crippen LogP contribution is -2.38. The summed E-state index contributed by atoms with van der Waals surface area (Å²) < 4.78 is 0. The minimum absolute atomic E-state index is 0.797. The van der Waals surface area contributed by atoms with Gasteiger partial charge >= 0.3 is 0 Å². The summed E-state index contributed by atoms with van der Waals surface area (Å²) >= 11 is 0. The maximum atomic E-state index is 3.74. The van der Waals surface area contributed by atoms with E-state index in [1.54, 1.807) is 0 Å². The lowest BCUT2D eigenvalue weighted by atomic mass is 9.78. The molecule has 1 saturated carbocycles. The Balaban J connectivity index is 2.31. The predicted octanol–water partition coefficient (Wildman–Crippen LogP) is 4.62. The van der Waals surface area contributed by atoms with Crippen LogP contribution >= 0.6 is 0 Å². The SMILES string of the molecule is CCNC(CCCC(C)C)C1CCC(C)CC1. The van der Waals surface area contributed by atoms with E-state index >= 15 is 0 Å². The average Bonchev–Trinajstić information content (AvgIpc) is 2.29. The van der Waals surface area contributed by atoms with E-state index in [1.165, 1.54) is 44.9 Å². The molecule has 1 rings (SSSR count). The minimum atomic E-state index is 0.797. The van der Waals surface area contributed by atoms with Crippen LogP contribution in [0.3, 0.4) is 0 Å². The fourth-order valence-corrected chi connectivity index (χ4v) is 3.20. The van der Waals surface area contributed by atoms with Crippen LogP contribution in [0.2, 0.25) is 0 Å². The minimum Gasteiger partial charge on any atom is -0.314 e. The lowest BCUT2D eigenvalue weighted by molar-refractivity contribution is 0.220. The molecule has 0 aliphatic heterocycles. The number of rotatable bonds is 7. The quantitative estimate of drug-likeness (QED) is 0.683. The summed E-state index contributed by atoms with van der Waals surface area (Å²) in [5.41, 5.74) is 0. The van der Waals surface area contributed by atoms with Crippen molar-refractivity contribution in [2.45, 2.75) is 78.7 Å². The van der Waals surface area contributed by atoms with Crippen molar-refractivity contribution in [3.63, 3.8) is 0 Å². The molecule has 0 heterocycles. The monoisotopic (exact) mass is 239 g/mol. The van der Waals surface area contributed by atoms with Crippen LogP contribution in [0.25, 0.3) is 0 Å². The van der Waals surface area contributed by atoms with Gasteiger partial charge in [-0.15, -0.1) is 0 Å². The van der Waals surface area contributed by atoms with E-state index in [0.29, 0.717) is 0 Å². The molecule has 0 bridgehead atoms. The van der Waals surface area contributed by atoms with Crippen molar-refractivity contribution >= 4 is 0 Å². The summed E-state index contributed by atoms with van der Waals surface area (Å²) in [6.07, 6.45) is 10.0. The molecular formula is C16H33N. The molecule has 1 heteroatoms. The van der Waals surface area contributed by atoms with Crippen LogP contribution in [0, 0.1) is 17.8 Å². The maximum absolute atomic E-state index is 3.74. The second kappa shape index (κ2) is 8.13. The van der Waals surface area contributed by atoms with Gasteiger partial charge in [-0.05, 0) is 43.6 Å². The van der Waals surface area contributed by atoms with Crippen molar-refractivity contribution in [2.24, 2.45) is 17.8 Å². The van der Waals surface area contributed by atoms with Crippen LogP contribution in [0.4, 0.5) is 0 Å². The number of nitrogens with one attached hydrogen (secondary N) is 1. The Morgan fingerprint density at radius 2 is 1.71 bits per heavy atom. The first kappa shape index (κ1) is 15.0. The van der Waals surface area contributed by atoms with Crippen molar-refractivity contribution in [2.75, 3.05) is 6.54 Å². The van der Waals surface area contributed by atoms with Gasteiger partial charge in [-0.3, -0.25) is 0 Å². The number of hydrogen-bond donors (Lipinski definition) is 1. The molecule has 0 aromatic rings. The molecule has 1 fully saturated rings. The highest BCUT2D eigenvalue weighted by Gasteiger charge is 2.25. The first-order chi connectivity index (χ1) is 8.13. The van der Waals surface area contributed by atoms with Crippen LogP contribution in [0.1, 0.15) is 72.6 Å². The maximum Gasteiger partial charge on any atom is 0.00952 e. The molecule has 0 aromatic heterocycles. The Kier molecular flexibility index (Phi) is 7.18. The number of hydrogen-bond acceptors (Lipinski definition) is 1. The van der Waals surface area contributed by atoms with E-state index in [1.807, 2.05) is 0 Å². The molecule has 0 radical (unpaired) electrons. The summed E-state index contributed by atoms with van der Waals surface area (Å²) in [7, 11) is 0. The van der Waals surface area contributed by atoms with E-state index in [9.17, 15) is 0 Å². The van der Waals surface area contributed by atoms with Gasteiger partial charge in [0.25, 0.3) is 0 Å². The zero-order valence-electron chi connectivity index (χ0n) is 12.5. The predicted molar refractivity (Wildman–Crippen MR) is 77.3 cm³/mol. The largest absolute Gasteiger partial charge is 0.314 e. The third-order valence-electron chi connectivity index (χ3n) is 4.39. The van der Waals surface area contributed by atoms with Gasteiger partial charge in [0.1, 0.15) is 0 Å². The van der Waals surface area contributed by atoms with Crippen LogP contribution in [-0.2, 0) is 0 Å². The average molecular weight is 239 g/mol. The molecule has 0 saturated heterocycles. The second-order valence-electron chi connectivity index (χ2n) is 6.51. The first-order valence-corrected chi connectivity index (χ1v) is 7.86. The van der Waals surface area contributed by atoms with Crippen LogP contribution in [-0.4, -0.2) is 12.6 Å². The Labute approximate surface area is 109 Å². The van der Waals surface area contributed by atoms with Gasteiger partial charge in [0.05, 0.1) is 0 Å². The van der Waals surface area contributed by atoms with E-state index in [-0.39, 0.29) is 0 Å². The topological polar surface area (TPSA) is 12.0 Å². The molecule has 0 aromatic carbocycles. The molecule has 1 N–H and O–H groups in total. The summed E-state index contributed by atoms with van der Waals surface area (Å²) in [5, 5.41) is 3.74. The fraction of sp³-hybridized carbons (Fsp3) is 1.00. The highest BCUT2D eigenvalue weighted by atomic mass is 14.9. The zero-order chi connectivity index (χ0) is 12.7. The van der Waals surface area contributed by atoms with Crippen molar-refractivity contribution in [3.05, 3.63) is 0 Å². The summed E-state index contributed by atoms with van der Waals surface area (Å²) in [4.78, 5) is 0. The molecular weight excluding hydrogens is 206 g/mol. The molecule has 0 amide bonds. The summed E-state index contributed by atoms with van der Waals surface area (Å²) in [6, 6.07) is 0.797. The summed E-state index contributed by atoms with van der Waals surface area (Å²) in [5.74, 6) is 2.80. The first-order valence-electron chi connectivity index (χ1n) is 7.86. The molecule has 1 aliphatic rings. The molecule has 0 spiro atoms. The van der Waals surface area contributed by atoms with Gasteiger partial charge in [0.15, 0.2) is 0 Å². The third-order valence-corrected chi connectivity index (χ3v) is 4.39. The smallest absolute Gasteiger partial charge is 0.00952 e. The molecule has 1 atom stereocenters. The standard InChI is InChI=1S/C16H33N/c1-5-17-16(8-6-7-13(2)3)15-11-9-14(4)10-12-15/h13-17H,5-12H2,1-4H3. The van der Waals surface area contributed by atoms with Gasteiger partial charge < -0.3 is 5.32 Å². The Morgan fingerprint density at radius 1 is 1.06 bits per heavy atom. The van der Waals surface area contributed by atoms with Crippen molar-refractivity contribution in [3.8, 4) is 0 Å². The van der Waals surface area contributed by atoms with Gasteiger partial charge in [-0.2, -0.15) is 0 Å². The highest BCUT2D eigenvalue weighted by Crippen LogP contribution is 2.32. The van der Waals surface area contributed by atoms with Gasteiger partial charge in [0.2, 0.25) is 0 Å². The Bertz CT molecular complexity index is 180. The normalized spacial score (nSPS) is 27.4. The van der Waals surface area contributed by atoms with E-state index in [0.717, 1.165) is 30.3 Å². The van der Waals surface area contributed by atoms with Crippen molar-refractivity contribution in [1.82, 2.24) is 5.32 Å². The van der Waals surface area contributed by atoms with Gasteiger partial charge in [0, 0.05) is 6.04 Å². The van der Waals surface area contributed by atoms with Gasteiger partial charge in [-0.1, -0.05) is 53.4 Å². The van der Waals surface area contributed by atoms with E-state index in [4.69, 9.17) is 0 Å². The third kappa shape index (κ3) is 5.90. The second-order valence-corrected chi connectivity index (χ2v) is 6.51. The Hall–Kier alpha value is -0.0400. The fourth-order valence-electron chi connectivity index (χ4n) is 3.20. The van der Waals surface area contributed by atoms with Crippen molar-refractivity contribution < 1.29 is 0 Å². The van der Waals surface area contributed by atoms with E-state index in [2.05, 4.69) is 33.0 Å². The van der Waals surface area contributed by atoms with Gasteiger partial charge in [-0.25, -0.2) is 0 Å².